The van der Waals surface area contributed by atoms with Gasteiger partial charge in [0, 0.05) is 31.7 Å². The Morgan fingerprint density at radius 2 is 1.55 bits per heavy atom. The third-order valence-electron chi connectivity index (χ3n) is 5.41. The molecule has 1 aliphatic heterocycles. The van der Waals surface area contributed by atoms with E-state index < -0.39 is 0 Å². The van der Waals surface area contributed by atoms with Crippen molar-refractivity contribution in [1.29, 1.82) is 0 Å². The van der Waals surface area contributed by atoms with E-state index in [4.69, 9.17) is 14.0 Å². The number of nitrogens with zero attached hydrogens (tertiary/aromatic N) is 4. The average Bonchev–Trinajstić information content (AvgIpc) is 3.28. The fourth-order valence-electron chi connectivity index (χ4n) is 3.55. The zero-order chi connectivity index (χ0) is 21.6. The number of benzene rings is 2. The minimum Gasteiger partial charge on any atom is -0.497 e. The molecule has 1 fully saturated rings. The smallest absolute Gasteiger partial charge is 0.257 e. The van der Waals surface area contributed by atoms with Crippen LogP contribution in [0, 0.1) is 0 Å². The van der Waals surface area contributed by atoms with Gasteiger partial charge in [0.2, 0.25) is 5.91 Å². The maximum absolute atomic E-state index is 12.6. The number of methoxy groups -OCH3 is 2. The maximum Gasteiger partial charge on any atom is 0.257 e. The lowest BCUT2D eigenvalue weighted by Gasteiger charge is -2.34. The van der Waals surface area contributed by atoms with Crippen LogP contribution in [-0.2, 0) is 17.8 Å². The molecule has 8 heteroatoms. The second-order valence-electron chi connectivity index (χ2n) is 7.43. The Morgan fingerprint density at radius 3 is 2.16 bits per heavy atom. The van der Waals surface area contributed by atoms with Crippen LogP contribution >= 0.6 is 0 Å². The average molecular weight is 422 g/mol. The van der Waals surface area contributed by atoms with Gasteiger partial charge in [-0.25, -0.2) is 0 Å². The molecule has 0 unspecified atom stereocenters. The van der Waals surface area contributed by atoms with Crippen molar-refractivity contribution in [1.82, 2.24) is 19.9 Å². The molecule has 1 saturated heterocycles. The van der Waals surface area contributed by atoms with E-state index in [0.717, 1.165) is 35.7 Å². The largest absolute Gasteiger partial charge is 0.497 e. The molecule has 2 aromatic carbocycles. The Morgan fingerprint density at radius 1 is 0.935 bits per heavy atom. The summed E-state index contributed by atoms with van der Waals surface area (Å²) in [6.07, 6.45) is 0.403. The predicted octanol–water partition coefficient (Wildman–Crippen LogP) is 2.64. The monoisotopic (exact) mass is 422 g/mol. The van der Waals surface area contributed by atoms with E-state index in [-0.39, 0.29) is 5.91 Å². The summed E-state index contributed by atoms with van der Waals surface area (Å²) < 4.78 is 15.7. The van der Waals surface area contributed by atoms with Gasteiger partial charge in [-0.15, -0.1) is 0 Å². The molecule has 162 valence electrons. The van der Waals surface area contributed by atoms with E-state index in [1.807, 2.05) is 53.4 Å². The third-order valence-corrected chi connectivity index (χ3v) is 5.41. The van der Waals surface area contributed by atoms with Crippen LogP contribution in [0.3, 0.4) is 0 Å². The van der Waals surface area contributed by atoms with Crippen molar-refractivity contribution >= 4 is 5.91 Å². The number of hydrogen-bond donors (Lipinski definition) is 0. The van der Waals surface area contributed by atoms with E-state index in [1.54, 1.807) is 14.2 Å². The SMILES string of the molecule is COc1ccc(CC(=O)N2CCN(Cc3noc(-c4ccc(OC)cc4)n3)CC2)cc1. The molecule has 31 heavy (non-hydrogen) atoms. The topological polar surface area (TPSA) is 80.9 Å². The molecule has 0 bridgehead atoms. The lowest BCUT2D eigenvalue weighted by molar-refractivity contribution is -0.132. The van der Waals surface area contributed by atoms with E-state index in [1.165, 1.54) is 0 Å². The number of carbonyl (C=O) groups excluding carboxylic acids is 1. The first-order valence-corrected chi connectivity index (χ1v) is 10.2. The van der Waals surface area contributed by atoms with Crippen molar-refractivity contribution in [2.45, 2.75) is 13.0 Å². The fraction of sp³-hybridized carbons (Fsp3) is 0.348. The van der Waals surface area contributed by atoms with Crippen molar-refractivity contribution in [2.24, 2.45) is 0 Å². The first-order valence-electron chi connectivity index (χ1n) is 10.2. The second kappa shape index (κ2) is 9.61. The first kappa shape index (κ1) is 20.9. The van der Waals surface area contributed by atoms with Gasteiger partial charge >= 0.3 is 0 Å². The van der Waals surface area contributed by atoms with E-state index in [9.17, 15) is 4.79 Å². The molecule has 8 nitrogen and oxygen atoms in total. The lowest BCUT2D eigenvalue weighted by Crippen LogP contribution is -2.48. The molecule has 1 aromatic heterocycles. The minimum atomic E-state index is 0.145. The van der Waals surface area contributed by atoms with Crippen molar-refractivity contribution in [3.8, 4) is 23.0 Å². The highest BCUT2D eigenvalue weighted by molar-refractivity contribution is 5.79. The van der Waals surface area contributed by atoms with Gasteiger partial charge in [0.05, 0.1) is 27.2 Å². The van der Waals surface area contributed by atoms with Crippen LogP contribution in [0.15, 0.2) is 53.1 Å². The molecule has 2 heterocycles. The van der Waals surface area contributed by atoms with E-state index >= 15 is 0 Å². The highest BCUT2D eigenvalue weighted by Crippen LogP contribution is 2.21. The van der Waals surface area contributed by atoms with Crippen LogP contribution in [0.5, 0.6) is 11.5 Å². The summed E-state index contributed by atoms with van der Waals surface area (Å²) in [5.41, 5.74) is 1.85. The van der Waals surface area contributed by atoms with Gasteiger partial charge in [0.25, 0.3) is 5.89 Å². The molecular formula is C23H26N4O4. The molecule has 0 spiro atoms. The molecule has 1 amide bonds. The maximum atomic E-state index is 12.6. The Kier molecular flexibility index (Phi) is 6.47. The normalized spacial score (nSPS) is 14.5. The molecule has 0 saturated carbocycles. The van der Waals surface area contributed by atoms with Crippen molar-refractivity contribution < 1.29 is 18.8 Å². The van der Waals surface area contributed by atoms with Gasteiger partial charge in [0.1, 0.15) is 11.5 Å². The van der Waals surface area contributed by atoms with Gasteiger partial charge in [-0.1, -0.05) is 17.3 Å². The summed E-state index contributed by atoms with van der Waals surface area (Å²) in [5.74, 6) is 2.85. The van der Waals surface area contributed by atoms with Crippen molar-refractivity contribution in [3.63, 3.8) is 0 Å². The second-order valence-corrected chi connectivity index (χ2v) is 7.43. The van der Waals surface area contributed by atoms with Gasteiger partial charge in [0.15, 0.2) is 5.82 Å². The quantitative estimate of drug-likeness (QED) is 0.579. The predicted molar refractivity (Wildman–Crippen MR) is 115 cm³/mol. The molecule has 1 aliphatic rings. The zero-order valence-electron chi connectivity index (χ0n) is 17.8. The van der Waals surface area contributed by atoms with Crippen LogP contribution in [0.4, 0.5) is 0 Å². The number of aromatic nitrogens is 2. The lowest BCUT2D eigenvalue weighted by atomic mass is 10.1. The number of amides is 1. The Bertz CT molecular complexity index is 993. The number of piperazine rings is 1. The summed E-state index contributed by atoms with van der Waals surface area (Å²) >= 11 is 0. The number of hydrogen-bond acceptors (Lipinski definition) is 7. The highest BCUT2D eigenvalue weighted by Gasteiger charge is 2.22. The highest BCUT2D eigenvalue weighted by atomic mass is 16.5. The van der Waals surface area contributed by atoms with Crippen LogP contribution in [0.1, 0.15) is 11.4 Å². The van der Waals surface area contributed by atoms with Crippen molar-refractivity contribution in [2.75, 3.05) is 40.4 Å². The standard InChI is InChI=1S/C23H26N4O4/c1-29-19-7-3-17(4-8-19)15-22(28)27-13-11-26(12-14-27)16-21-24-23(31-25-21)18-5-9-20(30-2)10-6-18/h3-10H,11-16H2,1-2H3. The molecule has 0 atom stereocenters. The van der Waals surface area contributed by atoms with Crippen LogP contribution in [-0.4, -0.2) is 66.2 Å². The summed E-state index contributed by atoms with van der Waals surface area (Å²) in [5, 5.41) is 4.10. The number of rotatable bonds is 7. The van der Waals surface area contributed by atoms with Gasteiger partial charge in [-0.2, -0.15) is 4.98 Å². The summed E-state index contributed by atoms with van der Waals surface area (Å²) in [6.45, 7) is 3.54. The summed E-state index contributed by atoms with van der Waals surface area (Å²) in [6, 6.07) is 15.1. The van der Waals surface area contributed by atoms with Crippen LogP contribution < -0.4 is 9.47 Å². The molecule has 0 N–H and O–H groups in total. The third kappa shape index (κ3) is 5.21. The Balaban J connectivity index is 1.27. The molecule has 3 aromatic rings. The van der Waals surface area contributed by atoms with Gasteiger partial charge < -0.3 is 18.9 Å². The van der Waals surface area contributed by atoms with Crippen LogP contribution in [0.2, 0.25) is 0 Å². The Hall–Kier alpha value is -3.39. The van der Waals surface area contributed by atoms with Gasteiger partial charge in [-0.05, 0) is 42.0 Å². The molecular weight excluding hydrogens is 396 g/mol. The zero-order valence-corrected chi connectivity index (χ0v) is 17.8. The molecule has 4 rings (SSSR count). The van der Waals surface area contributed by atoms with Crippen LogP contribution in [0.25, 0.3) is 11.5 Å². The molecule has 0 radical (unpaired) electrons. The summed E-state index contributed by atoms with van der Waals surface area (Å²) in [4.78, 5) is 21.3. The molecule has 0 aliphatic carbocycles. The fourth-order valence-corrected chi connectivity index (χ4v) is 3.55. The Labute approximate surface area is 181 Å². The summed E-state index contributed by atoms with van der Waals surface area (Å²) in [7, 11) is 3.26. The van der Waals surface area contributed by atoms with E-state index in [0.29, 0.717) is 37.8 Å². The van der Waals surface area contributed by atoms with Gasteiger partial charge in [-0.3, -0.25) is 9.69 Å². The van der Waals surface area contributed by atoms with E-state index in [2.05, 4.69) is 15.0 Å². The minimum absolute atomic E-state index is 0.145. The van der Waals surface area contributed by atoms with Crippen molar-refractivity contribution in [3.05, 3.63) is 59.9 Å². The number of carbonyl (C=O) groups is 1. The first-order chi connectivity index (χ1) is 15.1. The number of ether oxygens (including phenoxy) is 2.